The molecule has 1 N–H and O–H groups in total. The quantitative estimate of drug-likeness (QED) is 0.411. The second kappa shape index (κ2) is 5.63. The highest BCUT2D eigenvalue weighted by Gasteiger charge is 1.80. The van der Waals surface area contributed by atoms with E-state index >= 15 is 0 Å². The van der Waals surface area contributed by atoms with Gasteiger partial charge in [-0.15, -0.1) is 0 Å². The van der Waals surface area contributed by atoms with E-state index in [1.54, 1.807) is 24.3 Å². The minimum Gasteiger partial charge on any atom is -0.511 e. The SMILES string of the molecule is C=C/C=C\C=C(\O)CBr. The van der Waals surface area contributed by atoms with Crippen molar-refractivity contribution in [2.75, 3.05) is 5.33 Å². The van der Waals surface area contributed by atoms with Crippen molar-refractivity contribution in [2.24, 2.45) is 0 Å². The molecule has 0 aromatic heterocycles. The largest absolute Gasteiger partial charge is 0.511 e. The van der Waals surface area contributed by atoms with E-state index in [1.807, 2.05) is 0 Å². The summed E-state index contributed by atoms with van der Waals surface area (Å²) in [5, 5.41) is 9.31. The van der Waals surface area contributed by atoms with Gasteiger partial charge in [-0.25, -0.2) is 0 Å². The number of aliphatic hydroxyl groups is 1. The Kier molecular flexibility index (Phi) is 5.32. The van der Waals surface area contributed by atoms with Crippen LogP contribution in [0.5, 0.6) is 0 Å². The highest BCUT2D eigenvalue weighted by atomic mass is 79.9. The molecule has 0 fully saturated rings. The van der Waals surface area contributed by atoms with Crippen molar-refractivity contribution < 1.29 is 5.11 Å². The van der Waals surface area contributed by atoms with E-state index in [0.717, 1.165) is 0 Å². The van der Waals surface area contributed by atoms with Gasteiger partial charge in [-0.1, -0.05) is 40.7 Å². The lowest BCUT2D eigenvalue weighted by atomic mass is 10.4. The Labute approximate surface area is 63.5 Å². The summed E-state index contributed by atoms with van der Waals surface area (Å²) in [7, 11) is 0. The molecule has 0 rings (SSSR count). The Bertz CT molecular complexity index is 136. The minimum absolute atomic E-state index is 0.313. The fourth-order valence-electron chi connectivity index (χ4n) is 0.290. The predicted molar refractivity (Wildman–Crippen MR) is 43.8 cm³/mol. The first-order chi connectivity index (χ1) is 4.31. The van der Waals surface area contributed by atoms with Gasteiger partial charge in [0.2, 0.25) is 0 Å². The van der Waals surface area contributed by atoms with Gasteiger partial charge >= 0.3 is 0 Å². The molecule has 0 bridgehead atoms. The summed E-state index contributed by atoms with van der Waals surface area (Å²) in [6.07, 6.45) is 6.73. The van der Waals surface area contributed by atoms with E-state index in [1.165, 1.54) is 0 Å². The van der Waals surface area contributed by atoms with Gasteiger partial charge in [0.25, 0.3) is 0 Å². The van der Waals surface area contributed by atoms with E-state index in [-0.39, 0.29) is 0 Å². The lowest BCUT2D eigenvalue weighted by Gasteiger charge is -1.85. The Morgan fingerprint density at radius 1 is 1.56 bits per heavy atom. The fraction of sp³-hybridized carbons (Fsp3) is 0.143. The summed E-state index contributed by atoms with van der Waals surface area (Å²) >= 11 is 3.09. The zero-order chi connectivity index (χ0) is 7.11. The smallest absolute Gasteiger partial charge is 0.103 e. The predicted octanol–water partition coefficient (Wildman–Crippen LogP) is 2.57. The molecule has 0 unspecified atom stereocenters. The van der Waals surface area contributed by atoms with Crippen LogP contribution in [0.1, 0.15) is 0 Å². The first kappa shape index (κ1) is 8.50. The topological polar surface area (TPSA) is 20.2 Å². The molecule has 2 heteroatoms. The van der Waals surface area contributed by atoms with Gasteiger partial charge in [-0.2, -0.15) is 0 Å². The van der Waals surface area contributed by atoms with Crippen LogP contribution in [0, 0.1) is 0 Å². The highest BCUT2D eigenvalue weighted by molar-refractivity contribution is 9.09. The molecule has 0 aromatic carbocycles. The molecule has 0 spiro atoms. The second-order valence-electron chi connectivity index (χ2n) is 1.41. The molecule has 50 valence electrons. The third-order valence-corrected chi connectivity index (χ3v) is 1.25. The molecule has 0 aliphatic heterocycles. The summed E-state index contributed by atoms with van der Waals surface area (Å²) in [5.74, 6) is 0.313. The third kappa shape index (κ3) is 5.37. The van der Waals surface area contributed by atoms with E-state index in [9.17, 15) is 0 Å². The molecule has 0 heterocycles. The Hall–Kier alpha value is -0.500. The molecule has 1 nitrogen and oxygen atoms in total. The molecule has 9 heavy (non-hydrogen) atoms. The summed E-state index contributed by atoms with van der Waals surface area (Å²) in [5.41, 5.74) is 0. The van der Waals surface area contributed by atoms with Crippen LogP contribution in [-0.2, 0) is 0 Å². The summed E-state index contributed by atoms with van der Waals surface area (Å²) in [4.78, 5) is 0. The first-order valence-corrected chi connectivity index (χ1v) is 3.66. The van der Waals surface area contributed by atoms with Gasteiger partial charge in [-0.05, 0) is 6.08 Å². The zero-order valence-corrected chi connectivity index (χ0v) is 6.63. The van der Waals surface area contributed by atoms with Gasteiger partial charge in [0.05, 0.1) is 5.33 Å². The maximum Gasteiger partial charge on any atom is 0.103 e. The standard InChI is InChI=1S/C7H9BrO/c1-2-3-4-5-7(9)6-8/h2-5,9H,1,6H2/b4-3-,7-5+. The molecule has 0 saturated heterocycles. The van der Waals surface area contributed by atoms with Crippen molar-refractivity contribution in [2.45, 2.75) is 0 Å². The minimum atomic E-state index is 0.313. The lowest BCUT2D eigenvalue weighted by Crippen LogP contribution is -1.76. The van der Waals surface area contributed by atoms with E-state index in [0.29, 0.717) is 11.1 Å². The molecule has 0 saturated carbocycles. The van der Waals surface area contributed by atoms with Crippen LogP contribution in [0.2, 0.25) is 0 Å². The van der Waals surface area contributed by atoms with E-state index < -0.39 is 0 Å². The number of allylic oxidation sites excluding steroid dienone is 5. The van der Waals surface area contributed by atoms with E-state index in [4.69, 9.17) is 5.11 Å². The number of alkyl halides is 1. The van der Waals surface area contributed by atoms with Crippen LogP contribution < -0.4 is 0 Å². The first-order valence-electron chi connectivity index (χ1n) is 2.54. The summed E-state index contributed by atoms with van der Waals surface area (Å²) in [6, 6.07) is 0. The van der Waals surface area contributed by atoms with Crippen LogP contribution in [0.3, 0.4) is 0 Å². The van der Waals surface area contributed by atoms with Crippen LogP contribution in [-0.4, -0.2) is 10.4 Å². The average molecular weight is 189 g/mol. The molecule has 0 atom stereocenters. The molecule has 0 radical (unpaired) electrons. The molecule has 0 aliphatic carbocycles. The number of halogens is 1. The fourth-order valence-corrected chi connectivity index (χ4v) is 0.477. The number of aliphatic hydroxyl groups excluding tert-OH is 1. The summed E-state index contributed by atoms with van der Waals surface area (Å²) < 4.78 is 0. The van der Waals surface area contributed by atoms with Gasteiger partial charge in [-0.3, -0.25) is 0 Å². The number of rotatable bonds is 3. The second-order valence-corrected chi connectivity index (χ2v) is 1.97. The molecule has 0 aromatic rings. The van der Waals surface area contributed by atoms with Gasteiger partial charge in [0.1, 0.15) is 5.76 Å². The van der Waals surface area contributed by atoms with Crippen LogP contribution in [0.4, 0.5) is 0 Å². The zero-order valence-electron chi connectivity index (χ0n) is 5.05. The number of hydrogen-bond acceptors (Lipinski definition) is 1. The molecule has 0 aliphatic rings. The van der Waals surface area contributed by atoms with Crippen LogP contribution in [0.25, 0.3) is 0 Å². The van der Waals surface area contributed by atoms with Gasteiger partial charge < -0.3 is 5.11 Å². The van der Waals surface area contributed by atoms with Crippen molar-refractivity contribution in [1.29, 1.82) is 0 Å². The van der Waals surface area contributed by atoms with Gasteiger partial charge in [0, 0.05) is 0 Å². The molecule has 0 amide bonds. The van der Waals surface area contributed by atoms with Crippen molar-refractivity contribution in [3.8, 4) is 0 Å². The average Bonchev–Trinajstić information content (AvgIpc) is 1.89. The van der Waals surface area contributed by atoms with E-state index in [2.05, 4.69) is 22.5 Å². The Balaban J connectivity index is 3.67. The van der Waals surface area contributed by atoms with Crippen molar-refractivity contribution >= 4 is 15.9 Å². The van der Waals surface area contributed by atoms with Crippen LogP contribution in [0.15, 0.2) is 36.6 Å². The van der Waals surface area contributed by atoms with Crippen molar-refractivity contribution in [1.82, 2.24) is 0 Å². The highest BCUT2D eigenvalue weighted by Crippen LogP contribution is 1.93. The lowest BCUT2D eigenvalue weighted by molar-refractivity contribution is 0.418. The summed E-state index contributed by atoms with van der Waals surface area (Å²) in [6.45, 7) is 3.47. The monoisotopic (exact) mass is 188 g/mol. The molecular weight excluding hydrogens is 180 g/mol. The Morgan fingerprint density at radius 2 is 2.22 bits per heavy atom. The normalized spacial score (nSPS) is 12.3. The maximum atomic E-state index is 8.81. The van der Waals surface area contributed by atoms with Crippen molar-refractivity contribution in [3.63, 3.8) is 0 Å². The van der Waals surface area contributed by atoms with Gasteiger partial charge in [0.15, 0.2) is 0 Å². The third-order valence-electron chi connectivity index (χ3n) is 0.673. The van der Waals surface area contributed by atoms with Crippen LogP contribution >= 0.6 is 15.9 Å². The Morgan fingerprint density at radius 3 is 2.67 bits per heavy atom. The molecular formula is C7H9BrO. The van der Waals surface area contributed by atoms with Crippen molar-refractivity contribution in [3.05, 3.63) is 36.6 Å². The number of hydrogen-bond donors (Lipinski definition) is 1. The maximum absolute atomic E-state index is 8.81.